The molecule has 5 rings (SSSR count). The molecule has 0 radical (unpaired) electrons. The largest absolute Gasteiger partial charge is 0.479 e. The summed E-state index contributed by atoms with van der Waals surface area (Å²) in [6, 6.07) is 1.47. The maximum Gasteiger partial charge on any atom is 0.429 e. The number of nitrogens with zero attached hydrogens (tertiary/aromatic N) is 6. The highest BCUT2D eigenvalue weighted by molar-refractivity contribution is 8.07. The Balaban J connectivity index is 1.30. The van der Waals surface area contributed by atoms with E-state index >= 15 is 0 Å². The van der Waals surface area contributed by atoms with Crippen molar-refractivity contribution >= 4 is 82.8 Å². The van der Waals surface area contributed by atoms with E-state index in [-0.39, 0.29) is 17.6 Å². The zero-order chi connectivity index (χ0) is 30.9. The molecule has 1 fully saturated rings. The van der Waals surface area contributed by atoms with Crippen LogP contribution in [0.25, 0.3) is 11.3 Å². The molecule has 3 aromatic rings. The number of hydrogen-bond acceptors (Lipinski definition) is 13. The van der Waals surface area contributed by atoms with Crippen molar-refractivity contribution in [2.75, 3.05) is 11.7 Å². The maximum atomic E-state index is 13.2. The van der Waals surface area contributed by atoms with Crippen molar-refractivity contribution < 1.29 is 43.2 Å². The topological polar surface area (TPSA) is 220 Å². The number of carboxylic acids is 1. The Labute approximate surface area is 259 Å². The fourth-order valence-corrected chi connectivity index (χ4v) is 8.47. The second-order valence-electron chi connectivity index (χ2n) is 8.77. The molecule has 5 N–H and O–H groups in total. The van der Waals surface area contributed by atoms with Gasteiger partial charge in [-0.1, -0.05) is 16.9 Å². The van der Waals surface area contributed by atoms with E-state index in [1.807, 2.05) is 46.6 Å². The lowest BCUT2D eigenvalue weighted by molar-refractivity contribution is -0.671. The minimum atomic E-state index is -4.67. The lowest BCUT2D eigenvalue weighted by Gasteiger charge is -2.51. The summed E-state index contributed by atoms with van der Waals surface area (Å²) in [5.74, 6) is -3.04. The van der Waals surface area contributed by atoms with Gasteiger partial charge in [0.15, 0.2) is 22.8 Å². The molecule has 43 heavy (non-hydrogen) atoms. The highest BCUT2D eigenvalue weighted by Gasteiger charge is 2.56. The van der Waals surface area contributed by atoms with Gasteiger partial charge in [0.1, 0.15) is 25.1 Å². The van der Waals surface area contributed by atoms with Crippen molar-refractivity contribution in [3.05, 3.63) is 46.0 Å². The second kappa shape index (κ2) is 12.7. The molecule has 2 amide bonds. The van der Waals surface area contributed by atoms with Crippen LogP contribution in [0.5, 0.6) is 0 Å². The van der Waals surface area contributed by atoms with Crippen LogP contribution < -0.4 is 15.0 Å². The third-order valence-corrected chi connectivity index (χ3v) is 10.4. The Morgan fingerprint density at radius 3 is 2.70 bits per heavy atom. The van der Waals surface area contributed by atoms with E-state index in [0.29, 0.717) is 20.8 Å². The molecule has 3 aromatic heterocycles. The number of carbonyl (C=O) groups is 3. The number of fused-ring (bicyclic) bond motifs is 1. The minimum absolute atomic E-state index is 0.0827. The summed E-state index contributed by atoms with van der Waals surface area (Å²) in [6.07, 6.45) is 3.79. The van der Waals surface area contributed by atoms with E-state index in [1.54, 1.807) is 12.3 Å². The monoisotopic (exact) mass is 685 g/mol. The number of aliphatic carboxylic acids is 1. The van der Waals surface area contributed by atoms with Crippen LogP contribution in [0, 0.1) is 0 Å². The molecule has 0 aromatic carbocycles. The van der Waals surface area contributed by atoms with Crippen LogP contribution in [0.2, 0.25) is 0 Å². The quantitative estimate of drug-likeness (QED) is 0.0630. The summed E-state index contributed by atoms with van der Waals surface area (Å²) in [6.45, 7) is 1.70. The Kier molecular flexibility index (Phi) is 9.16. The lowest BCUT2D eigenvalue weighted by Crippen LogP contribution is -2.74. The van der Waals surface area contributed by atoms with Gasteiger partial charge in [0.05, 0.1) is 5.69 Å². The molecule has 0 spiro atoms. The van der Waals surface area contributed by atoms with Gasteiger partial charge in [0, 0.05) is 39.5 Å². The highest BCUT2D eigenvalue weighted by atomic mass is 32.2. The molecule has 1 unspecified atom stereocenters. The number of rotatable bonds is 11. The Morgan fingerprint density at radius 2 is 2.02 bits per heavy atom. The number of aryl methyl sites for hydroxylation is 1. The zero-order valence-corrected chi connectivity index (χ0v) is 26.2. The van der Waals surface area contributed by atoms with E-state index in [4.69, 9.17) is 14.6 Å². The summed E-state index contributed by atoms with van der Waals surface area (Å²) in [4.78, 5) is 71.9. The number of thiazole rings is 1. The lowest BCUT2D eigenvalue weighted by atomic mass is 10.0. The molecular weight excluding hydrogens is 664 g/mol. The van der Waals surface area contributed by atoms with Crippen molar-refractivity contribution in [3.63, 3.8) is 0 Å². The SMILES string of the molecule is CCO/N=C(\C(=O)N[C@@H]1C(=O)N2C(C(=O)O)C(Sc3nc(-c4cc[n+](C)cc4)cs3)=CS[C@H]12)c1nsc(NP(=O)(O)O)n1. The van der Waals surface area contributed by atoms with Crippen molar-refractivity contribution in [1.29, 1.82) is 0 Å². The first kappa shape index (κ1) is 31.0. The van der Waals surface area contributed by atoms with Crippen LogP contribution in [0.1, 0.15) is 12.7 Å². The second-order valence-corrected chi connectivity index (χ2v) is 14.0. The zero-order valence-electron chi connectivity index (χ0n) is 22.0. The number of aromatic nitrogens is 4. The first-order valence-electron chi connectivity index (χ1n) is 12.1. The molecule has 0 bridgehead atoms. The number of carbonyl (C=O) groups excluding carboxylic acids is 2. The number of nitrogens with one attached hydrogen (secondary N) is 2. The number of amides is 2. The van der Waals surface area contributed by atoms with E-state index in [9.17, 15) is 24.1 Å². The molecule has 2 aliphatic rings. The normalized spacial score (nSPS) is 20.1. The average Bonchev–Trinajstić information content (AvgIpc) is 3.60. The van der Waals surface area contributed by atoms with Gasteiger partial charge in [0.2, 0.25) is 22.6 Å². The van der Waals surface area contributed by atoms with Gasteiger partial charge in [-0.3, -0.25) is 14.7 Å². The highest BCUT2D eigenvalue weighted by Crippen LogP contribution is 2.46. The summed E-state index contributed by atoms with van der Waals surface area (Å²) >= 11 is 4.27. The van der Waals surface area contributed by atoms with Crippen molar-refractivity contribution in [1.82, 2.24) is 24.6 Å². The molecule has 2 aliphatic heterocycles. The molecule has 16 nitrogen and oxygen atoms in total. The van der Waals surface area contributed by atoms with E-state index in [1.165, 1.54) is 28.0 Å². The molecule has 226 valence electrons. The average molecular weight is 686 g/mol. The Bertz CT molecular complexity index is 1670. The van der Waals surface area contributed by atoms with Crippen LogP contribution in [-0.4, -0.2) is 81.7 Å². The molecule has 3 atom stereocenters. The van der Waals surface area contributed by atoms with Gasteiger partial charge in [-0.15, -0.1) is 23.1 Å². The van der Waals surface area contributed by atoms with Gasteiger partial charge in [-0.2, -0.15) is 9.36 Å². The van der Waals surface area contributed by atoms with Crippen LogP contribution in [-0.2, 0) is 30.8 Å². The number of β-lactam (4-membered cyclic amide) rings is 1. The molecular formula is C22H22N8O8PS4+. The van der Waals surface area contributed by atoms with Crippen molar-refractivity contribution in [3.8, 4) is 11.3 Å². The summed E-state index contributed by atoms with van der Waals surface area (Å²) in [5.41, 5.74) is 1.22. The number of carboxylic acid groups (broad SMARTS) is 1. The van der Waals surface area contributed by atoms with Crippen molar-refractivity contribution in [2.45, 2.75) is 28.7 Å². The van der Waals surface area contributed by atoms with Gasteiger partial charge < -0.3 is 29.9 Å². The summed E-state index contributed by atoms with van der Waals surface area (Å²) in [7, 11) is -2.77. The van der Waals surface area contributed by atoms with Crippen LogP contribution >= 0.6 is 54.1 Å². The number of anilines is 1. The van der Waals surface area contributed by atoms with Crippen molar-refractivity contribution in [2.24, 2.45) is 12.2 Å². The number of thioether (sulfide) groups is 2. The molecule has 5 heterocycles. The maximum absolute atomic E-state index is 13.2. The van der Waals surface area contributed by atoms with E-state index < -0.39 is 48.7 Å². The Hall–Kier alpha value is -3.39. The van der Waals surface area contributed by atoms with Crippen LogP contribution in [0.4, 0.5) is 5.13 Å². The fourth-order valence-electron chi connectivity index (χ4n) is 3.92. The third-order valence-electron chi connectivity index (χ3n) is 5.81. The van der Waals surface area contributed by atoms with Gasteiger partial charge in [0.25, 0.3) is 5.91 Å². The smallest absolute Gasteiger partial charge is 0.429 e. The van der Waals surface area contributed by atoms with Crippen LogP contribution in [0.15, 0.2) is 49.7 Å². The van der Waals surface area contributed by atoms with Gasteiger partial charge in [-0.05, 0) is 12.3 Å². The molecule has 21 heteroatoms. The predicted molar refractivity (Wildman–Crippen MR) is 158 cm³/mol. The van der Waals surface area contributed by atoms with Gasteiger partial charge in [-0.25, -0.2) is 18.9 Å². The third kappa shape index (κ3) is 6.90. The number of oxime groups is 1. The first-order valence-corrected chi connectivity index (χ1v) is 17.2. The fraction of sp³-hybridized carbons (Fsp3) is 0.273. The standard InChI is InChI=1S/C22H21N8O8PS4/c1-3-38-26-13(16-25-21(43-28-16)27-39(35,36)37)17(31)24-14-18(32)30-15(20(33)34)12(9-40-19(14)30)42-22-23-11(8-41-22)10-4-6-29(2)7-5-10/h4-9,14-15,19H,3H2,1-2H3,(H4-,24,25,27,28,31,33,34,35,36,37)/p+1/b26-13-/t14-,15?,19-/m1/s1. The first-order chi connectivity index (χ1) is 20.4. The molecule has 1 saturated heterocycles. The van der Waals surface area contributed by atoms with Crippen LogP contribution in [0.3, 0.4) is 0 Å². The molecule has 0 aliphatic carbocycles. The van der Waals surface area contributed by atoms with Gasteiger partial charge >= 0.3 is 13.7 Å². The number of pyridine rings is 1. The summed E-state index contributed by atoms with van der Waals surface area (Å²) < 4.78 is 17.6. The molecule has 0 saturated carbocycles. The van der Waals surface area contributed by atoms with E-state index in [0.717, 1.165) is 23.0 Å². The number of hydrogen-bond donors (Lipinski definition) is 5. The summed E-state index contributed by atoms with van der Waals surface area (Å²) in [5, 5.41) is 20.7. The predicted octanol–water partition coefficient (Wildman–Crippen LogP) is 1.22. The minimum Gasteiger partial charge on any atom is -0.479 e. The Morgan fingerprint density at radius 1 is 1.28 bits per heavy atom. The van der Waals surface area contributed by atoms with E-state index in [2.05, 4.69) is 24.8 Å².